The number of phenolic OH excluding ortho intramolecular Hbond substituents is 1. The SMILES string of the molecule is [2H]C([2H])([2H])C(=O)N[C@@H](Cc1cc(I)c(Oc2cc(I)c(O)c(I)c2)c(I)c1)C(=O)O. The van der Waals surface area contributed by atoms with Crippen LogP contribution in [0.5, 0.6) is 17.2 Å². The summed E-state index contributed by atoms with van der Waals surface area (Å²) in [6.45, 7) is -2.92. The molecule has 10 heteroatoms. The van der Waals surface area contributed by atoms with Gasteiger partial charge in [0, 0.05) is 17.4 Å². The molecule has 0 saturated heterocycles. The summed E-state index contributed by atoms with van der Waals surface area (Å²) in [5.41, 5.74) is 0.601. The minimum Gasteiger partial charge on any atom is -0.506 e. The fraction of sp³-hybridized carbons (Fsp3) is 0.176. The first-order chi connectivity index (χ1) is 13.8. The standard InChI is InChI=1S/C17H13I4NO5/c1-7(23)22-14(17(25)26)4-8-2-12(20)16(13(21)3-8)27-9-5-10(18)15(24)11(19)6-9/h2-3,5-6,14,24H,4H2,1H3,(H,22,23)(H,25,26)/t14-/m0/s1/i1D3. The van der Waals surface area contributed by atoms with Crippen LogP contribution < -0.4 is 10.1 Å². The highest BCUT2D eigenvalue weighted by Crippen LogP contribution is 2.36. The molecule has 27 heavy (non-hydrogen) atoms. The lowest BCUT2D eigenvalue weighted by atomic mass is 10.1. The van der Waals surface area contributed by atoms with Crippen LogP contribution in [0.15, 0.2) is 24.3 Å². The Balaban J connectivity index is 2.26. The van der Waals surface area contributed by atoms with Gasteiger partial charge in [0.25, 0.3) is 0 Å². The van der Waals surface area contributed by atoms with Gasteiger partial charge in [-0.2, -0.15) is 0 Å². The molecule has 2 aromatic rings. The van der Waals surface area contributed by atoms with Crippen molar-refractivity contribution in [1.29, 1.82) is 0 Å². The first-order valence-electron chi connectivity index (χ1n) is 8.67. The monoisotopic (exact) mass is 822 g/mol. The van der Waals surface area contributed by atoms with Crippen LogP contribution in [0.1, 0.15) is 16.5 Å². The van der Waals surface area contributed by atoms with Crippen molar-refractivity contribution in [1.82, 2.24) is 5.32 Å². The minimum absolute atomic E-state index is 0.0849. The Bertz CT molecular complexity index is 954. The lowest BCUT2D eigenvalue weighted by molar-refractivity contribution is -0.141. The van der Waals surface area contributed by atoms with Crippen molar-refractivity contribution in [3.63, 3.8) is 0 Å². The van der Waals surface area contributed by atoms with E-state index in [9.17, 15) is 19.8 Å². The smallest absolute Gasteiger partial charge is 0.326 e. The van der Waals surface area contributed by atoms with Crippen LogP contribution in [-0.2, 0) is 16.0 Å². The number of carbonyl (C=O) groups is 2. The van der Waals surface area contributed by atoms with Gasteiger partial charge in [0.1, 0.15) is 17.5 Å². The number of amides is 1. The lowest BCUT2D eigenvalue weighted by Gasteiger charge is -2.16. The number of hydrogen-bond acceptors (Lipinski definition) is 4. The summed E-state index contributed by atoms with van der Waals surface area (Å²) in [4.78, 5) is 23.1. The molecule has 6 nitrogen and oxygen atoms in total. The molecule has 1 atom stereocenters. The van der Waals surface area contributed by atoms with Crippen LogP contribution in [0.2, 0.25) is 0 Å². The van der Waals surface area contributed by atoms with E-state index in [0.717, 1.165) is 0 Å². The number of rotatable bonds is 6. The molecule has 0 saturated carbocycles. The van der Waals surface area contributed by atoms with E-state index in [2.05, 4.69) is 50.5 Å². The predicted molar refractivity (Wildman–Crippen MR) is 134 cm³/mol. The first-order valence-corrected chi connectivity index (χ1v) is 11.5. The minimum atomic E-state index is -2.92. The normalized spacial score (nSPS) is 13.9. The fourth-order valence-electron chi connectivity index (χ4n) is 2.14. The number of benzene rings is 2. The van der Waals surface area contributed by atoms with Crippen LogP contribution in [0.25, 0.3) is 0 Å². The van der Waals surface area contributed by atoms with Crippen LogP contribution in [0.3, 0.4) is 0 Å². The Morgan fingerprint density at radius 3 is 2.15 bits per heavy atom. The zero-order valence-corrected chi connectivity index (χ0v) is 21.9. The molecule has 0 fully saturated rings. The molecular formula is C17H13I4NO5. The summed E-state index contributed by atoms with van der Waals surface area (Å²) >= 11 is 8.13. The van der Waals surface area contributed by atoms with E-state index in [1.165, 1.54) is 0 Å². The van der Waals surface area contributed by atoms with E-state index >= 15 is 0 Å². The Morgan fingerprint density at radius 2 is 1.67 bits per heavy atom. The largest absolute Gasteiger partial charge is 0.506 e. The van der Waals surface area contributed by atoms with E-state index in [1.54, 1.807) is 24.3 Å². The molecular weight excluding hydrogens is 806 g/mol. The number of phenols is 1. The van der Waals surface area contributed by atoms with E-state index in [0.29, 0.717) is 31.3 Å². The topological polar surface area (TPSA) is 95.9 Å². The number of ether oxygens (including phenoxy) is 1. The van der Waals surface area contributed by atoms with Crippen LogP contribution in [-0.4, -0.2) is 28.1 Å². The summed E-state index contributed by atoms with van der Waals surface area (Å²) in [5.74, 6) is -1.35. The molecule has 0 bridgehead atoms. The Morgan fingerprint density at radius 1 is 1.11 bits per heavy atom. The molecule has 0 spiro atoms. The first kappa shape index (κ1) is 18.9. The molecule has 2 aromatic carbocycles. The van der Waals surface area contributed by atoms with Gasteiger partial charge in [0.2, 0.25) is 5.91 Å². The molecule has 0 aromatic heterocycles. The van der Waals surface area contributed by atoms with Gasteiger partial charge in [0.15, 0.2) is 5.75 Å². The zero-order chi connectivity index (χ0) is 22.8. The summed E-state index contributed by atoms with van der Waals surface area (Å²) in [7, 11) is 0. The maximum Gasteiger partial charge on any atom is 0.326 e. The van der Waals surface area contributed by atoms with E-state index in [4.69, 9.17) is 8.85 Å². The summed E-state index contributed by atoms with van der Waals surface area (Å²) in [5, 5.41) is 21.3. The molecule has 0 aliphatic rings. The second-order valence-electron chi connectivity index (χ2n) is 5.29. The maximum absolute atomic E-state index is 11.7. The van der Waals surface area contributed by atoms with Crippen molar-refractivity contribution in [3.05, 3.63) is 44.1 Å². The van der Waals surface area contributed by atoms with Gasteiger partial charge in [-0.15, -0.1) is 0 Å². The van der Waals surface area contributed by atoms with Gasteiger partial charge < -0.3 is 20.3 Å². The van der Waals surface area contributed by atoms with Gasteiger partial charge in [-0.3, -0.25) is 4.79 Å². The number of hydrogen-bond donors (Lipinski definition) is 3. The Hall–Kier alpha value is -0.100. The average molecular weight is 822 g/mol. The lowest BCUT2D eigenvalue weighted by Crippen LogP contribution is -2.41. The highest BCUT2D eigenvalue weighted by molar-refractivity contribution is 14.1. The van der Waals surface area contributed by atoms with Gasteiger partial charge in [0.05, 0.1) is 14.3 Å². The van der Waals surface area contributed by atoms with E-state index in [-0.39, 0.29) is 12.2 Å². The average Bonchev–Trinajstić information content (AvgIpc) is 2.61. The number of nitrogens with one attached hydrogen (secondary N) is 1. The Labute approximate surface area is 214 Å². The van der Waals surface area contributed by atoms with Crippen molar-refractivity contribution in [2.24, 2.45) is 0 Å². The molecule has 0 unspecified atom stereocenters. The highest BCUT2D eigenvalue weighted by atomic mass is 127. The van der Waals surface area contributed by atoms with Gasteiger partial charge in [-0.05, 0) is 120 Å². The maximum atomic E-state index is 11.7. The molecule has 2 rings (SSSR count). The van der Waals surface area contributed by atoms with Gasteiger partial charge in [-0.25, -0.2) is 4.79 Å². The third kappa shape index (κ3) is 6.45. The van der Waals surface area contributed by atoms with E-state index in [1.807, 2.05) is 45.2 Å². The second-order valence-corrected chi connectivity index (χ2v) is 9.94. The quantitative estimate of drug-likeness (QED) is 0.367. The second kappa shape index (κ2) is 10.1. The van der Waals surface area contributed by atoms with Crippen LogP contribution in [0, 0.1) is 14.3 Å². The van der Waals surface area contributed by atoms with Crippen molar-refractivity contribution in [3.8, 4) is 17.2 Å². The van der Waals surface area contributed by atoms with Gasteiger partial charge in [-0.1, -0.05) is 0 Å². The molecule has 0 radical (unpaired) electrons. The summed E-state index contributed by atoms with van der Waals surface area (Å²) in [6.07, 6.45) is -0.0849. The third-order valence-corrected chi connectivity index (χ3v) is 6.56. The zero-order valence-electron chi connectivity index (χ0n) is 16.2. The fourth-order valence-corrected chi connectivity index (χ4v) is 5.97. The number of aromatic hydroxyl groups is 1. The van der Waals surface area contributed by atoms with Crippen LogP contribution >= 0.6 is 90.4 Å². The molecule has 1 amide bonds. The molecule has 0 heterocycles. The molecule has 0 aliphatic carbocycles. The third-order valence-electron chi connectivity index (χ3n) is 3.31. The van der Waals surface area contributed by atoms with E-state index < -0.39 is 24.8 Å². The summed E-state index contributed by atoms with van der Waals surface area (Å²) < 4.78 is 30.0. The van der Waals surface area contributed by atoms with Crippen LogP contribution in [0.4, 0.5) is 0 Å². The predicted octanol–water partition coefficient (Wildman–Crippen LogP) is 4.73. The Kier molecular flexibility index (Phi) is 7.06. The number of aliphatic carboxylic acids is 1. The molecule has 144 valence electrons. The number of halogens is 4. The highest BCUT2D eigenvalue weighted by Gasteiger charge is 2.20. The van der Waals surface area contributed by atoms with Crippen molar-refractivity contribution in [2.75, 3.05) is 0 Å². The van der Waals surface area contributed by atoms with Crippen molar-refractivity contribution in [2.45, 2.75) is 19.3 Å². The number of carboxylic acid groups (broad SMARTS) is 1. The van der Waals surface area contributed by atoms with Crippen molar-refractivity contribution < 1.29 is 28.7 Å². The number of carboxylic acids is 1. The van der Waals surface area contributed by atoms with Gasteiger partial charge >= 0.3 is 5.97 Å². The van der Waals surface area contributed by atoms with Crippen molar-refractivity contribution >= 4 is 102 Å². The number of carbonyl (C=O) groups excluding carboxylic acids is 1. The molecule has 3 N–H and O–H groups in total. The molecule has 0 aliphatic heterocycles. The summed E-state index contributed by atoms with van der Waals surface area (Å²) in [6, 6.07) is 5.44.